The number of hydrogen-bond donors (Lipinski definition) is 1. The van der Waals surface area contributed by atoms with Crippen LogP contribution in [0.25, 0.3) is 10.9 Å². The highest BCUT2D eigenvalue weighted by molar-refractivity contribution is 5.98. The molecule has 39 heavy (non-hydrogen) atoms. The number of aryl methyl sites for hydroxylation is 1. The number of benzene rings is 2. The number of methoxy groups -OCH3 is 1. The van der Waals surface area contributed by atoms with Crippen LogP contribution in [0, 0.1) is 6.92 Å². The van der Waals surface area contributed by atoms with Gasteiger partial charge < -0.3 is 14.5 Å². The van der Waals surface area contributed by atoms with Crippen LogP contribution in [-0.4, -0.2) is 51.4 Å². The lowest BCUT2D eigenvalue weighted by Gasteiger charge is -2.40. The van der Waals surface area contributed by atoms with Crippen molar-refractivity contribution in [3.8, 4) is 5.75 Å². The van der Waals surface area contributed by atoms with Crippen molar-refractivity contribution in [3.63, 3.8) is 0 Å². The van der Waals surface area contributed by atoms with Crippen molar-refractivity contribution in [2.75, 3.05) is 13.7 Å². The molecule has 0 spiro atoms. The first-order chi connectivity index (χ1) is 18.7. The first-order valence-electron chi connectivity index (χ1n) is 12.5. The number of nitrogens with zero attached hydrogens (tertiary/aromatic N) is 3. The van der Waals surface area contributed by atoms with Gasteiger partial charge in [-0.3, -0.25) is 9.58 Å². The molecule has 3 heterocycles. The van der Waals surface area contributed by atoms with Crippen LogP contribution < -0.4 is 4.74 Å². The van der Waals surface area contributed by atoms with Crippen molar-refractivity contribution in [2.24, 2.45) is 0 Å². The molecule has 1 aliphatic heterocycles. The summed E-state index contributed by atoms with van der Waals surface area (Å²) in [7, 11) is 1.65. The zero-order valence-corrected chi connectivity index (χ0v) is 21.4. The molecule has 8 nitrogen and oxygen atoms in total. The molecular formula is C28H27F3N4O4. The minimum absolute atomic E-state index is 0.0881. The van der Waals surface area contributed by atoms with Crippen LogP contribution in [-0.2, 0) is 16.1 Å². The number of esters is 2. The molecule has 5 rings (SSSR count). The summed E-state index contributed by atoms with van der Waals surface area (Å²) < 4.78 is 49.2. The summed E-state index contributed by atoms with van der Waals surface area (Å²) in [6, 6.07) is 12.1. The van der Waals surface area contributed by atoms with Crippen molar-refractivity contribution in [3.05, 3.63) is 83.3 Å². The number of aromatic nitrogens is 3. The number of ether oxygens (including phenoxy) is 2. The van der Waals surface area contributed by atoms with E-state index in [2.05, 4.69) is 19.7 Å². The highest BCUT2D eigenvalue weighted by atomic mass is 19.4. The molecule has 204 valence electrons. The second-order valence-corrected chi connectivity index (χ2v) is 9.59. The molecule has 4 aromatic rings. The van der Waals surface area contributed by atoms with E-state index in [4.69, 9.17) is 4.74 Å². The van der Waals surface area contributed by atoms with E-state index in [1.165, 1.54) is 12.1 Å². The number of nitrogens with one attached hydrogen (secondary N) is 1. The Morgan fingerprint density at radius 2 is 1.95 bits per heavy atom. The lowest BCUT2D eigenvalue weighted by atomic mass is 9.90. The van der Waals surface area contributed by atoms with Crippen molar-refractivity contribution in [1.82, 2.24) is 19.7 Å². The Morgan fingerprint density at radius 1 is 1.18 bits per heavy atom. The highest BCUT2D eigenvalue weighted by Crippen LogP contribution is 2.40. The lowest BCUT2D eigenvalue weighted by molar-refractivity contribution is -0.193. The Kier molecular flexibility index (Phi) is 7.17. The van der Waals surface area contributed by atoms with Gasteiger partial charge in [0.15, 0.2) is 0 Å². The summed E-state index contributed by atoms with van der Waals surface area (Å²) in [6.45, 7) is 3.37. The van der Waals surface area contributed by atoms with E-state index in [0.717, 1.165) is 52.7 Å². The monoisotopic (exact) mass is 540 g/mol. The van der Waals surface area contributed by atoms with Crippen LogP contribution in [0.3, 0.4) is 0 Å². The van der Waals surface area contributed by atoms with Crippen LogP contribution in [0.15, 0.2) is 61.1 Å². The average molecular weight is 541 g/mol. The molecule has 2 aromatic heterocycles. The molecule has 1 fully saturated rings. The number of rotatable bonds is 6. The van der Waals surface area contributed by atoms with Crippen LogP contribution in [0.1, 0.15) is 52.0 Å². The fourth-order valence-electron chi connectivity index (χ4n) is 5.29. The van der Waals surface area contributed by atoms with Crippen LogP contribution >= 0.6 is 0 Å². The summed E-state index contributed by atoms with van der Waals surface area (Å²) in [5.74, 6) is -3.10. The fraction of sp³-hybridized carbons (Fsp3) is 0.321. The first kappa shape index (κ1) is 26.5. The maximum absolute atomic E-state index is 12.5. The number of halogens is 3. The number of carbonyl (C=O) groups excluding carboxylic acids is 2. The van der Waals surface area contributed by atoms with Gasteiger partial charge >= 0.3 is 18.1 Å². The smallest absolute Gasteiger partial charge is 0.491 e. The van der Waals surface area contributed by atoms with Crippen LogP contribution in [0.4, 0.5) is 13.2 Å². The van der Waals surface area contributed by atoms with Crippen LogP contribution in [0.5, 0.6) is 5.75 Å². The summed E-state index contributed by atoms with van der Waals surface area (Å²) in [5.41, 5.74) is 3.91. The normalized spacial score (nSPS) is 18.3. The summed E-state index contributed by atoms with van der Waals surface area (Å²) in [6.07, 6.45) is 1.92. The van der Waals surface area contributed by atoms with Gasteiger partial charge in [0.1, 0.15) is 5.75 Å². The molecule has 2 atom stereocenters. The summed E-state index contributed by atoms with van der Waals surface area (Å²) in [4.78, 5) is 28.8. The van der Waals surface area contributed by atoms with E-state index in [9.17, 15) is 22.8 Å². The van der Waals surface area contributed by atoms with Crippen LogP contribution in [0.2, 0.25) is 0 Å². The van der Waals surface area contributed by atoms with Gasteiger partial charge in [0.25, 0.3) is 0 Å². The maximum Gasteiger partial charge on any atom is 0.491 e. The van der Waals surface area contributed by atoms with Crippen molar-refractivity contribution < 1.29 is 32.2 Å². The standard InChI is InChI=1S/C28H27F3N4O4/c1-17-14-24(38-2)22(21-8-11-32-25(17)21)16-34-13-9-20(35-12-3-10-33-35)15-23(34)18-4-6-19(7-5-18)26(36)39-27(37)28(29,30)31/h3-8,10-12,14,20,23,32H,9,13,15-16H2,1-2H3/t20-,23-/m0/s1. The second kappa shape index (κ2) is 10.6. The van der Waals surface area contributed by atoms with Gasteiger partial charge in [0.2, 0.25) is 0 Å². The van der Waals surface area contributed by atoms with E-state index < -0.39 is 18.1 Å². The zero-order chi connectivity index (χ0) is 27.7. The zero-order valence-electron chi connectivity index (χ0n) is 21.4. The van der Waals surface area contributed by atoms with E-state index in [-0.39, 0.29) is 17.6 Å². The van der Waals surface area contributed by atoms with E-state index in [1.54, 1.807) is 25.4 Å². The number of H-pyrrole nitrogens is 1. The molecule has 1 aliphatic rings. The Labute approximate surface area is 222 Å². The van der Waals surface area contributed by atoms with Crippen molar-refractivity contribution >= 4 is 22.8 Å². The predicted molar refractivity (Wildman–Crippen MR) is 136 cm³/mol. The van der Waals surface area contributed by atoms with E-state index in [1.807, 2.05) is 42.2 Å². The molecule has 0 aliphatic carbocycles. The molecule has 0 bridgehead atoms. The molecule has 0 saturated carbocycles. The largest absolute Gasteiger partial charge is 0.496 e. The Hall–Kier alpha value is -4.12. The molecule has 0 radical (unpaired) electrons. The lowest BCUT2D eigenvalue weighted by Crippen LogP contribution is -2.37. The number of aromatic amines is 1. The highest BCUT2D eigenvalue weighted by Gasteiger charge is 2.42. The molecule has 11 heteroatoms. The maximum atomic E-state index is 12.5. The second-order valence-electron chi connectivity index (χ2n) is 9.59. The Balaban J connectivity index is 1.44. The van der Waals surface area contributed by atoms with Gasteiger partial charge in [-0.05, 0) is 61.2 Å². The molecule has 1 saturated heterocycles. The number of likely N-dealkylation sites (tertiary alicyclic amines) is 1. The third kappa shape index (κ3) is 5.40. The van der Waals surface area contributed by atoms with E-state index in [0.29, 0.717) is 6.54 Å². The number of hydrogen-bond acceptors (Lipinski definition) is 6. The number of piperidine rings is 1. The van der Waals surface area contributed by atoms with Crippen molar-refractivity contribution in [1.29, 1.82) is 0 Å². The fourth-order valence-corrected chi connectivity index (χ4v) is 5.29. The number of fused-ring (bicyclic) bond motifs is 1. The van der Waals surface area contributed by atoms with E-state index >= 15 is 0 Å². The minimum atomic E-state index is -5.25. The summed E-state index contributed by atoms with van der Waals surface area (Å²) >= 11 is 0. The third-order valence-electron chi connectivity index (χ3n) is 7.23. The quantitative estimate of drug-likeness (QED) is 0.257. The van der Waals surface area contributed by atoms with Gasteiger partial charge in [-0.25, -0.2) is 9.59 Å². The molecule has 0 unspecified atom stereocenters. The Bertz CT molecular complexity index is 1480. The van der Waals surface area contributed by atoms with Gasteiger partial charge in [0.05, 0.1) is 18.7 Å². The van der Waals surface area contributed by atoms with Gasteiger partial charge in [-0.15, -0.1) is 0 Å². The molecule has 0 amide bonds. The Morgan fingerprint density at radius 3 is 2.62 bits per heavy atom. The topological polar surface area (TPSA) is 89.4 Å². The number of alkyl halides is 3. The minimum Gasteiger partial charge on any atom is -0.496 e. The van der Waals surface area contributed by atoms with Gasteiger partial charge in [-0.1, -0.05) is 12.1 Å². The van der Waals surface area contributed by atoms with Gasteiger partial charge in [-0.2, -0.15) is 18.3 Å². The van der Waals surface area contributed by atoms with Crippen molar-refractivity contribution in [2.45, 2.75) is 44.6 Å². The van der Waals surface area contributed by atoms with Gasteiger partial charge in [0, 0.05) is 54.2 Å². The first-order valence-corrected chi connectivity index (χ1v) is 12.5. The third-order valence-corrected chi connectivity index (χ3v) is 7.23. The SMILES string of the molecule is COc1cc(C)c2[nH]ccc2c1CN1CC[C@H](n2cccn2)C[C@H]1c1ccc(C(=O)OC(=O)C(F)(F)F)cc1. The average Bonchev–Trinajstić information content (AvgIpc) is 3.63. The molecular weight excluding hydrogens is 513 g/mol. The number of carbonyl (C=O) groups is 2. The predicted octanol–water partition coefficient (Wildman–Crippen LogP) is 5.51. The summed E-state index contributed by atoms with van der Waals surface area (Å²) in [5, 5.41) is 5.50. The molecule has 1 N–H and O–H groups in total. The molecule has 2 aromatic carbocycles.